The molecule has 0 aliphatic heterocycles. The molecule has 90 valence electrons. The van der Waals surface area contributed by atoms with Crippen LogP contribution in [0.3, 0.4) is 0 Å². The van der Waals surface area contributed by atoms with Crippen molar-refractivity contribution in [1.82, 2.24) is 5.32 Å². The second kappa shape index (κ2) is 7.10. The second-order valence-corrected chi connectivity index (χ2v) is 3.08. The number of aliphatic hydroxyl groups is 1. The van der Waals surface area contributed by atoms with Crippen LogP contribution in [0.15, 0.2) is 29.4 Å². The van der Waals surface area contributed by atoms with Crippen molar-refractivity contribution in [3.63, 3.8) is 0 Å². The lowest BCUT2D eigenvalue weighted by molar-refractivity contribution is 0.137. The number of alkyl carbamates (subject to hydrolysis) is 1. The number of nitrogens with one attached hydrogen (secondary N) is 1. The van der Waals surface area contributed by atoms with Gasteiger partial charge < -0.3 is 15.2 Å². The lowest BCUT2D eigenvalue weighted by Crippen LogP contribution is -2.26. The molecule has 1 rings (SSSR count). The highest BCUT2D eigenvalue weighted by Crippen LogP contribution is 2.13. The molecule has 1 aromatic carbocycles. The van der Waals surface area contributed by atoms with E-state index in [1.807, 2.05) is 0 Å². The summed E-state index contributed by atoms with van der Waals surface area (Å²) in [5, 5.41) is 14.2. The average Bonchev–Trinajstić information content (AvgIpc) is 2.36. The molecule has 1 aromatic rings. The second-order valence-electron chi connectivity index (χ2n) is 3.08. The Bertz CT molecular complexity index is 412. The van der Waals surface area contributed by atoms with Crippen LogP contribution < -0.4 is 5.32 Å². The first-order valence-electron chi connectivity index (χ1n) is 4.92. The van der Waals surface area contributed by atoms with Gasteiger partial charge in [-0.05, 0) is 11.1 Å². The Balaban J connectivity index is 2.41. The van der Waals surface area contributed by atoms with Gasteiger partial charge in [0.1, 0.15) is 6.61 Å². The van der Waals surface area contributed by atoms with Crippen molar-refractivity contribution in [1.29, 1.82) is 0 Å². The number of carbonyl (C=O) groups excluding carboxylic acids is 1. The molecule has 2 N–H and O–H groups in total. The predicted octanol–water partition coefficient (Wildman–Crippen LogP) is 1.85. The predicted molar refractivity (Wildman–Crippen MR) is 60.5 cm³/mol. The van der Waals surface area contributed by atoms with Crippen LogP contribution in [-0.2, 0) is 11.3 Å². The molecule has 0 saturated heterocycles. The van der Waals surface area contributed by atoms with E-state index < -0.39 is 6.09 Å². The van der Waals surface area contributed by atoms with Crippen molar-refractivity contribution in [3.05, 3.63) is 40.3 Å². The molecule has 0 spiro atoms. The Labute approximate surface area is 97.6 Å². The number of rotatable bonds is 5. The number of ether oxygens (including phenoxy) is 1. The highest BCUT2D eigenvalue weighted by atomic mass is 16.5. The minimum Gasteiger partial charge on any atom is -0.445 e. The molecule has 0 fully saturated rings. The molecule has 0 aliphatic carbocycles. The first-order chi connectivity index (χ1) is 8.26. The zero-order valence-corrected chi connectivity index (χ0v) is 9.04. The van der Waals surface area contributed by atoms with Gasteiger partial charge in [0.2, 0.25) is 0 Å². The van der Waals surface area contributed by atoms with Crippen molar-refractivity contribution in [2.75, 3.05) is 13.2 Å². The summed E-state index contributed by atoms with van der Waals surface area (Å²) in [4.78, 5) is 13.7. The summed E-state index contributed by atoms with van der Waals surface area (Å²) in [6.07, 6.45) is -0.585. The van der Waals surface area contributed by atoms with Crippen LogP contribution in [0.1, 0.15) is 5.56 Å². The first kappa shape index (κ1) is 12.8. The van der Waals surface area contributed by atoms with E-state index >= 15 is 0 Å². The van der Waals surface area contributed by atoms with Crippen LogP contribution in [0, 0.1) is 0 Å². The third-order valence-corrected chi connectivity index (χ3v) is 1.85. The SMILES string of the molecule is [N-]=[N+]=Nc1ccc(COC(=O)NCCO)cc1. The van der Waals surface area contributed by atoms with Crippen LogP contribution >= 0.6 is 0 Å². The number of hydrogen-bond acceptors (Lipinski definition) is 4. The number of hydrogen-bond donors (Lipinski definition) is 2. The summed E-state index contributed by atoms with van der Waals surface area (Å²) in [6.45, 7) is 0.151. The lowest BCUT2D eigenvalue weighted by Gasteiger charge is -2.05. The van der Waals surface area contributed by atoms with Crippen molar-refractivity contribution >= 4 is 11.8 Å². The van der Waals surface area contributed by atoms with Crippen LogP contribution in [0.5, 0.6) is 0 Å². The molecule has 0 saturated carbocycles. The monoisotopic (exact) mass is 236 g/mol. The number of benzene rings is 1. The van der Waals surface area contributed by atoms with Gasteiger partial charge in [0.15, 0.2) is 0 Å². The normalized spacial score (nSPS) is 9.24. The third-order valence-electron chi connectivity index (χ3n) is 1.85. The minimum absolute atomic E-state index is 0.119. The molecular weight excluding hydrogens is 224 g/mol. The fourth-order valence-corrected chi connectivity index (χ4v) is 1.07. The summed E-state index contributed by atoms with van der Waals surface area (Å²) in [7, 11) is 0. The number of aliphatic hydroxyl groups excluding tert-OH is 1. The van der Waals surface area contributed by atoms with E-state index in [0.717, 1.165) is 5.56 Å². The summed E-state index contributed by atoms with van der Waals surface area (Å²) in [6, 6.07) is 6.65. The van der Waals surface area contributed by atoms with Crippen molar-refractivity contribution < 1.29 is 14.6 Å². The largest absolute Gasteiger partial charge is 0.445 e. The maximum atomic E-state index is 11.0. The Morgan fingerprint density at radius 2 is 2.18 bits per heavy atom. The van der Waals surface area contributed by atoms with Crippen molar-refractivity contribution in [3.8, 4) is 0 Å². The Hall–Kier alpha value is -2.24. The Morgan fingerprint density at radius 3 is 2.76 bits per heavy atom. The van der Waals surface area contributed by atoms with Gasteiger partial charge in [-0.2, -0.15) is 0 Å². The maximum absolute atomic E-state index is 11.0. The summed E-state index contributed by atoms with van der Waals surface area (Å²) in [5.41, 5.74) is 9.49. The van der Waals surface area contributed by atoms with Crippen LogP contribution in [-0.4, -0.2) is 24.4 Å². The van der Waals surface area contributed by atoms with E-state index in [0.29, 0.717) is 5.69 Å². The molecule has 0 aromatic heterocycles. The van der Waals surface area contributed by atoms with E-state index in [1.165, 1.54) is 0 Å². The molecule has 1 amide bonds. The standard InChI is InChI=1S/C10H12N4O3/c11-14-13-9-3-1-8(2-4-9)7-17-10(16)12-5-6-15/h1-4,15H,5-7H2,(H,12,16). The zero-order valence-electron chi connectivity index (χ0n) is 9.04. The summed E-state index contributed by atoms with van der Waals surface area (Å²) in [5.74, 6) is 0. The van der Waals surface area contributed by atoms with Gasteiger partial charge >= 0.3 is 6.09 Å². The number of azide groups is 1. The molecule has 7 heteroatoms. The van der Waals surface area contributed by atoms with E-state index in [9.17, 15) is 4.79 Å². The van der Waals surface area contributed by atoms with Gasteiger partial charge in [-0.25, -0.2) is 4.79 Å². The molecule has 0 aliphatic rings. The molecule has 0 unspecified atom stereocenters. The molecule has 7 nitrogen and oxygen atoms in total. The number of carbonyl (C=O) groups is 1. The van der Waals surface area contributed by atoms with Gasteiger partial charge in [-0.3, -0.25) is 0 Å². The zero-order chi connectivity index (χ0) is 12.5. The topological polar surface area (TPSA) is 107 Å². The smallest absolute Gasteiger partial charge is 0.407 e. The van der Waals surface area contributed by atoms with E-state index in [-0.39, 0.29) is 19.8 Å². The molecular formula is C10H12N4O3. The molecule has 17 heavy (non-hydrogen) atoms. The van der Waals surface area contributed by atoms with Crippen molar-refractivity contribution in [2.24, 2.45) is 5.11 Å². The van der Waals surface area contributed by atoms with Gasteiger partial charge in [-0.15, -0.1) is 0 Å². The molecule has 0 atom stereocenters. The fourth-order valence-electron chi connectivity index (χ4n) is 1.07. The highest BCUT2D eigenvalue weighted by Gasteiger charge is 2.01. The minimum atomic E-state index is -0.585. The molecule has 0 bridgehead atoms. The average molecular weight is 236 g/mol. The van der Waals surface area contributed by atoms with Gasteiger partial charge in [0.05, 0.1) is 6.61 Å². The summed E-state index contributed by atoms with van der Waals surface area (Å²) < 4.78 is 4.87. The van der Waals surface area contributed by atoms with Crippen LogP contribution in [0.2, 0.25) is 0 Å². The van der Waals surface area contributed by atoms with Crippen LogP contribution in [0.25, 0.3) is 10.4 Å². The summed E-state index contributed by atoms with van der Waals surface area (Å²) >= 11 is 0. The number of amides is 1. The van der Waals surface area contributed by atoms with Gasteiger partial charge in [-0.1, -0.05) is 29.4 Å². The van der Waals surface area contributed by atoms with Crippen molar-refractivity contribution in [2.45, 2.75) is 6.61 Å². The van der Waals surface area contributed by atoms with Crippen LogP contribution in [0.4, 0.5) is 10.5 Å². The van der Waals surface area contributed by atoms with E-state index in [2.05, 4.69) is 15.3 Å². The third kappa shape index (κ3) is 4.87. The Kier molecular flexibility index (Phi) is 5.36. The van der Waals surface area contributed by atoms with E-state index in [1.54, 1.807) is 24.3 Å². The quantitative estimate of drug-likeness (QED) is 0.462. The maximum Gasteiger partial charge on any atom is 0.407 e. The number of nitrogens with zero attached hydrogens (tertiary/aromatic N) is 3. The molecule has 0 heterocycles. The van der Waals surface area contributed by atoms with Gasteiger partial charge in [0.25, 0.3) is 0 Å². The van der Waals surface area contributed by atoms with Gasteiger partial charge in [0, 0.05) is 17.1 Å². The highest BCUT2D eigenvalue weighted by molar-refractivity contribution is 5.67. The lowest BCUT2D eigenvalue weighted by atomic mass is 10.2. The Morgan fingerprint density at radius 1 is 1.47 bits per heavy atom. The first-order valence-corrected chi connectivity index (χ1v) is 4.92. The van der Waals surface area contributed by atoms with E-state index in [4.69, 9.17) is 15.4 Å². The fraction of sp³-hybridized carbons (Fsp3) is 0.300. The molecule has 0 radical (unpaired) electrons.